The molecule has 7 unspecified atom stereocenters. The maximum Gasteiger partial charge on any atom is 0.397 e. The summed E-state index contributed by atoms with van der Waals surface area (Å²) in [7, 11) is -5.07. The molecule has 1 rings (SSSR count). The van der Waals surface area contributed by atoms with E-state index in [2.05, 4.69) is 23.3 Å². The standard InChI is InChI=1S/C47H93NO11S/c1-3-5-7-9-11-13-15-16-17-18-19-20-21-22-23-24-25-26-27-29-31-33-35-37-43(51)48-40(41(50)36-34-32-30-28-14-12-10-8-6-4-2)39-57-47-45(53)46(59-60(54,55)56)44(52)42(38-49)58-47/h40-42,44-47,49-50,52-53H,3-39H2,1-2H3,(H,48,51)(H,54,55,56). The van der Waals surface area contributed by atoms with Gasteiger partial charge in [0.1, 0.15) is 24.4 Å². The van der Waals surface area contributed by atoms with Crippen LogP contribution in [0.5, 0.6) is 0 Å². The van der Waals surface area contributed by atoms with Gasteiger partial charge >= 0.3 is 10.4 Å². The van der Waals surface area contributed by atoms with Crippen LogP contribution in [0.2, 0.25) is 0 Å². The molecule has 0 aromatic rings. The molecule has 0 bridgehead atoms. The van der Waals surface area contributed by atoms with E-state index in [-0.39, 0.29) is 12.5 Å². The Balaban J connectivity index is 2.34. The zero-order valence-electron chi connectivity index (χ0n) is 38.3. The van der Waals surface area contributed by atoms with E-state index in [4.69, 9.17) is 9.47 Å². The number of aliphatic hydroxyl groups is 4. The second-order valence-corrected chi connectivity index (χ2v) is 18.8. The van der Waals surface area contributed by atoms with Crippen LogP contribution >= 0.6 is 0 Å². The number of nitrogens with one attached hydrogen (secondary N) is 1. The number of ether oxygens (including phenoxy) is 2. The van der Waals surface area contributed by atoms with Crippen molar-refractivity contribution in [3.8, 4) is 0 Å². The summed E-state index contributed by atoms with van der Waals surface area (Å²) in [6, 6.07) is -0.850. The Morgan fingerprint density at radius 3 is 1.33 bits per heavy atom. The van der Waals surface area contributed by atoms with Crippen LogP contribution in [0.3, 0.4) is 0 Å². The van der Waals surface area contributed by atoms with Gasteiger partial charge in [-0.2, -0.15) is 8.42 Å². The predicted octanol–water partition coefficient (Wildman–Crippen LogP) is 10.2. The van der Waals surface area contributed by atoms with Crippen molar-refractivity contribution in [2.45, 2.75) is 281 Å². The molecule has 1 heterocycles. The average molecular weight is 880 g/mol. The molecule has 1 saturated heterocycles. The lowest BCUT2D eigenvalue weighted by Crippen LogP contribution is -2.61. The van der Waals surface area contributed by atoms with Gasteiger partial charge in [0.25, 0.3) is 0 Å². The van der Waals surface area contributed by atoms with Gasteiger partial charge in [0.15, 0.2) is 6.29 Å². The van der Waals surface area contributed by atoms with E-state index >= 15 is 0 Å². The van der Waals surface area contributed by atoms with Gasteiger partial charge in [-0.25, -0.2) is 4.18 Å². The first-order valence-electron chi connectivity index (χ1n) is 24.9. The molecule has 0 saturated carbocycles. The summed E-state index contributed by atoms with van der Waals surface area (Å²) in [5.74, 6) is -0.226. The van der Waals surface area contributed by atoms with E-state index in [0.717, 1.165) is 51.4 Å². The first kappa shape index (κ1) is 57.1. The van der Waals surface area contributed by atoms with E-state index < -0.39 is 59.9 Å². The van der Waals surface area contributed by atoms with Crippen molar-refractivity contribution >= 4 is 16.3 Å². The molecule has 0 aromatic carbocycles. The third-order valence-electron chi connectivity index (χ3n) is 12.2. The van der Waals surface area contributed by atoms with E-state index in [9.17, 15) is 38.2 Å². The van der Waals surface area contributed by atoms with Crippen molar-refractivity contribution in [3.05, 3.63) is 0 Å². The minimum atomic E-state index is -5.07. The topological polar surface area (TPSA) is 192 Å². The Morgan fingerprint density at radius 1 is 0.600 bits per heavy atom. The molecule has 0 aliphatic carbocycles. The minimum Gasteiger partial charge on any atom is -0.394 e. The lowest BCUT2D eigenvalue weighted by atomic mass is 9.99. The van der Waals surface area contributed by atoms with Crippen molar-refractivity contribution in [1.29, 1.82) is 0 Å². The van der Waals surface area contributed by atoms with E-state index in [1.807, 2.05) is 0 Å². The number of carbonyl (C=O) groups is 1. The highest BCUT2D eigenvalue weighted by molar-refractivity contribution is 7.80. The molecule has 12 nitrogen and oxygen atoms in total. The second kappa shape index (κ2) is 38.5. The molecule has 6 N–H and O–H groups in total. The van der Waals surface area contributed by atoms with Crippen LogP contribution in [-0.4, -0.2) is 95.4 Å². The third kappa shape index (κ3) is 31.0. The van der Waals surface area contributed by atoms with Crippen LogP contribution in [-0.2, 0) is 28.9 Å². The quantitative estimate of drug-likeness (QED) is 0.0252. The van der Waals surface area contributed by atoms with Crippen molar-refractivity contribution < 1.29 is 51.8 Å². The Labute approximate surface area is 367 Å². The summed E-state index contributed by atoms with van der Waals surface area (Å²) in [6.07, 6.45) is 32.7. The lowest BCUT2D eigenvalue weighted by molar-refractivity contribution is -0.298. The number of carbonyl (C=O) groups excluding carboxylic acids is 1. The molecule has 0 aromatic heterocycles. The molecule has 1 aliphatic rings. The number of hydrogen-bond donors (Lipinski definition) is 6. The molecular formula is C47H93NO11S. The normalized spacial score (nSPS) is 20.7. The van der Waals surface area contributed by atoms with Crippen LogP contribution < -0.4 is 5.32 Å². The summed E-state index contributed by atoms with van der Waals surface area (Å²) < 4.78 is 47.6. The Kier molecular flexibility index (Phi) is 36.7. The highest BCUT2D eigenvalue weighted by atomic mass is 32.3. The highest BCUT2D eigenvalue weighted by Gasteiger charge is 2.48. The van der Waals surface area contributed by atoms with Gasteiger partial charge in [0, 0.05) is 6.42 Å². The molecule has 1 aliphatic heterocycles. The molecule has 1 fully saturated rings. The Hall–Kier alpha value is -0.900. The maximum absolute atomic E-state index is 13.0. The Bertz CT molecular complexity index is 1080. The first-order chi connectivity index (χ1) is 29.0. The van der Waals surface area contributed by atoms with Gasteiger partial charge in [0.2, 0.25) is 5.91 Å². The highest BCUT2D eigenvalue weighted by Crippen LogP contribution is 2.26. The van der Waals surface area contributed by atoms with Gasteiger partial charge in [-0.3, -0.25) is 9.35 Å². The van der Waals surface area contributed by atoms with Gasteiger partial charge in [-0.1, -0.05) is 219 Å². The van der Waals surface area contributed by atoms with Crippen LogP contribution in [0.4, 0.5) is 0 Å². The monoisotopic (exact) mass is 880 g/mol. The zero-order valence-corrected chi connectivity index (χ0v) is 39.1. The number of amides is 1. The number of hydrogen-bond acceptors (Lipinski definition) is 10. The molecular weight excluding hydrogens is 787 g/mol. The van der Waals surface area contributed by atoms with E-state index in [1.54, 1.807) is 0 Å². The van der Waals surface area contributed by atoms with Crippen LogP contribution in [0.15, 0.2) is 0 Å². The summed E-state index contributed by atoms with van der Waals surface area (Å²) in [6.45, 7) is 3.45. The number of aliphatic hydroxyl groups excluding tert-OH is 4. The summed E-state index contributed by atoms with van der Waals surface area (Å²) in [5.41, 5.74) is 0. The number of rotatable bonds is 43. The Morgan fingerprint density at radius 2 is 0.967 bits per heavy atom. The fraction of sp³-hybridized carbons (Fsp3) is 0.979. The fourth-order valence-corrected chi connectivity index (χ4v) is 8.79. The molecule has 1 amide bonds. The molecule has 0 radical (unpaired) electrons. The maximum atomic E-state index is 13.0. The van der Waals surface area contributed by atoms with Crippen molar-refractivity contribution in [2.75, 3.05) is 13.2 Å². The fourth-order valence-electron chi connectivity index (χ4n) is 8.28. The summed E-state index contributed by atoms with van der Waals surface area (Å²) in [4.78, 5) is 13.0. The molecule has 7 atom stereocenters. The van der Waals surface area contributed by atoms with Gasteiger partial charge in [0.05, 0.1) is 25.4 Å². The van der Waals surface area contributed by atoms with Crippen LogP contribution in [0.1, 0.15) is 239 Å². The summed E-state index contributed by atoms with van der Waals surface area (Å²) in [5, 5.41) is 44.8. The lowest BCUT2D eigenvalue weighted by Gasteiger charge is -2.41. The zero-order chi connectivity index (χ0) is 44.1. The molecule has 13 heteroatoms. The van der Waals surface area contributed by atoms with Crippen LogP contribution in [0.25, 0.3) is 0 Å². The van der Waals surface area contributed by atoms with E-state index in [1.165, 1.54) is 161 Å². The molecule has 358 valence electrons. The smallest absolute Gasteiger partial charge is 0.394 e. The number of unbranched alkanes of at least 4 members (excludes halogenated alkanes) is 31. The third-order valence-corrected chi connectivity index (χ3v) is 12.6. The van der Waals surface area contributed by atoms with Crippen molar-refractivity contribution in [1.82, 2.24) is 5.32 Å². The van der Waals surface area contributed by atoms with E-state index in [0.29, 0.717) is 12.8 Å². The van der Waals surface area contributed by atoms with Gasteiger partial charge in [-0.05, 0) is 12.8 Å². The predicted molar refractivity (Wildman–Crippen MR) is 241 cm³/mol. The molecule has 0 spiro atoms. The molecule has 60 heavy (non-hydrogen) atoms. The summed E-state index contributed by atoms with van der Waals surface area (Å²) >= 11 is 0. The van der Waals surface area contributed by atoms with Gasteiger partial charge < -0.3 is 35.2 Å². The van der Waals surface area contributed by atoms with Crippen LogP contribution in [0, 0.1) is 0 Å². The first-order valence-corrected chi connectivity index (χ1v) is 26.3. The van der Waals surface area contributed by atoms with Gasteiger partial charge in [-0.15, -0.1) is 0 Å². The van der Waals surface area contributed by atoms with Crippen molar-refractivity contribution in [3.63, 3.8) is 0 Å². The minimum absolute atomic E-state index is 0.226. The second-order valence-electron chi connectivity index (χ2n) is 17.8. The van der Waals surface area contributed by atoms with Crippen molar-refractivity contribution in [2.24, 2.45) is 0 Å². The SMILES string of the molecule is CCCCCCCCCCCCCCCCCCCCCCCCCC(=O)NC(COC1OC(CO)C(O)C(OS(=O)(=O)O)C1O)C(O)CCCCCCCCCCCC. The average Bonchev–Trinajstić information content (AvgIpc) is 3.22. The largest absolute Gasteiger partial charge is 0.397 e.